The molecule has 1 saturated carbocycles. The van der Waals surface area contributed by atoms with Gasteiger partial charge in [0, 0.05) is 24.7 Å². The zero-order valence-corrected chi connectivity index (χ0v) is 9.27. The maximum Gasteiger partial charge on any atom is 0.161 e. The molecule has 5 heteroatoms. The summed E-state index contributed by atoms with van der Waals surface area (Å²) in [6.07, 6.45) is 2.43. The van der Waals surface area contributed by atoms with Crippen molar-refractivity contribution in [2.75, 3.05) is 6.54 Å². The van der Waals surface area contributed by atoms with Gasteiger partial charge in [0.25, 0.3) is 0 Å². The highest BCUT2D eigenvalue weighted by Gasteiger charge is 2.33. The zero-order chi connectivity index (χ0) is 12.5. The molecule has 94 valence electrons. The zero-order valence-electron chi connectivity index (χ0n) is 9.27. The quantitative estimate of drug-likeness (QED) is 0.796. The van der Waals surface area contributed by atoms with Gasteiger partial charge in [0.15, 0.2) is 11.6 Å². The monoisotopic (exact) mass is 245 g/mol. The SMILES string of the molecule is OC1(CNCc2cc(F)c(F)cc2F)CCC1. The Kier molecular flexibility index (Phi) is 3.40. The highest BCUT2D eigenvalue weighted by molar-refractivity contribution is 5.20. The van der Waals surface area contributed by atoms with E-state index in [0.717, 1.165) is 25.3 Å². The number of rotatable bonds is 4. The molecule has 2 N–H and O–H groups in total. The molecular weight excluding hydrogens is 231 g/mol. The topological polar surface area (TPSA) is 32.3 Å². The van der Waals surface area contributed by atoms with Crippen molar-refractivity contribution in [1.82, 2.24) is 5.32 Å². The molecule has 1 aromatic rings. The second kappa shape index (κ2) is 4.66. The second-order valence-corrected chi connectivity index (χ2v) is 4.54. The number of hydrogen-bond acceptors (Lipinski definition) is 2. The molecule has 2 rings (SSSR count). The van der Waals surface area contributed by atoms with E-state index in [1.54, 1.807) is 0 Å². The number of halogens is 3. The van der Waals surface area contributed by atoms with Gasteiger partial charge < -0.3 is 10.4 Å². The van der Waals surface area contributed by atoms with Crippen LogP contribution in [0.15, 0.2) is 12.1 Å². The summed E-state index contributed by atoms with van der Waals surface area (Å²) in [7, 11) is 0. The Morgan fingerprint density at radius 3 is 2.35 bits per heavy atom. The summed E-state index contributed by atoms with van der Waals surface area (Å²) in [5.41, 5.74) is -0.651. The third-order valence-corrected chi connectivity index (χ3v) is 3.14. The molecule has 0 amide bonds. The van der Waals surface area contributed by atoms with Gasteiger partial charge in [-0.1, -0.05) is 0 Å². The molecule has 0 bridgehead atoms. The molecular formula is C12H14F3NO. The number of nitrogens with one attached hydrogen (secondary N) is 1. The minimum Gasteiger partial charge on any atom is -0.389 e. The lowest BCUT2D eigenvalue weighted by Gasteiger charge is -2.36. The summed E-state index contributed by atoms with van der Waals surface area (Å²) < 4.78 is 38.8. The van der Waals surface area contributed by atoms with Crippen LogP contribution in [0.25, 0.3) is 0 Å². The second-order valence-electron chi connectivity index (χ2n) is 4.54. The van der Waals surface area contributed by atoms with Crippen molar-refractivity contribution in [3.8, 4) is 0 Å². The minimum atomic E-state index is -1.19. The van der Waals surface area contributed by atoms with Crippen LogP contribution in [-0.4, -0.2) is 17.3 Å². The lowest BCUT2D eigenvalue weighted by molar-refractivity contribution is -0.0315. The van der Waals surface area contributed by atoms with Crippen molar-refractivity contribution in [1.29, 1.82) is 0 Å². The van der Waals surface area contributed by atoms with Crippen LogP contribution in [-0.2, 0) is 6.54 Å². The van der Waals surface area contributed by atoms with Crippen LogP contribution in [0, 0.1) is 17.5 Å². The Hall–Kier alpha value is -1.07. The van der Waals surface area contributed by atoms with Crippen molar-refractivity contribution in [2.24, 2.45) is 0 Å². The smallest absolute Gasteiger partial charge is 0.161 e. The molecule has 0 heterocycles. The van der Waals surface area contributed by atoms with Gasteiger partial charge in [-0.05, 0) is 25.3 Å². The van der Waals surface area contributed by atoms with Crippen molar-refractivity contribution in [3.63, 3.8) is 0 Å². The van der Waals surface area contributed by atoms with Gasteiger partial charge in [0.05, 0.1) is 5.60 Å². The largest absolute Gasteiger partial charge is 0.389 e. The van der Waals surface area contributed by atoms with Crippen LogP contribution in [0.1, 0.15) is 24.8 Å². The van der Waals surface area contributed by atoms with Crippen LogP contribution >= 0.6 is 0 Å². The lowest BCUT2D eigenvalue weighted by atomic mass is 9.80. The fourth-order valence-electron chi connectivity index (χ4n) is 1.89. The molecule has 1 aromatic carbocycles. The summed E-state index contributed by atoms with van der Waals surface area (Å²) in [5, 5.41) is 12.6. The van der Waals surface area contributed by atoms with E-state index >= 15 is 0 Å². The molecule has 0 aromatic heterocycles. The summed E-state index contributed by atoms with van der Waals surface area (Å²) in [4.78, 5) is 0. The number of hydrogen-bond donors (Lipinski definition) is 2. The van der Waals surface area contributed by atoms with Crippen LogP contribution < -0.4 is 5.32 Å². The Balaban J connectivity index is 1.92. The van der Waals surface area contributed by atoms with Crippen LogP contribution in [0.2, 0.25) is 0 Å². The van der Waals surface area contributed by atoms with Crippen LogP contribution in [0.4, 0.5) is 13.2 Å². The average molecular weight is 245 g/mol. The van der Waals surface area contributed by atoms with Gasteiger partial charge in [0.1, 0.15) is 5.82 Å². The van der Waals surface area contributed by atoms with E-state index in [1.807, 2.05) is 0 Å². The Bertz CT molecular complexity index is 418. The molecule has 17 heavy (non-hydrogen) atoms. The van der Waals surface area contributed by atoms with E-state index in [0.29, 0.717) is 12.6 Å². The van der Waals surface area contributed by atoms with Crippen molar-refractivity contribution in [3.05, 3.63) is 35.1 Å². The van der Waals surface area contributed by atoms with Gasteiger partial charge >= 0.3 is 0 Å². The molecule has 1 fully saturated rings. The normalized spacial score (nSPS) is 17.9. The standard InChI is InChI=1S/C12H14F3NO/c13-9-5-11(15)10(14)4-8(9)6-16-7-12(17)2-1-3-12/h4-5,16-17H,1-3,6-7H2. The van der Waals surface area contributed by atoms with Gasteiger partial charge in [-0.3, -0.25) is 0 Å². The first kappa shape index (κ1) is 12.4. The molecule has 2 nitrogen and oxygen atoms in total. The first-order valence-corrected chi connectivity index (χ1v) is 5.57. The van der Waals surface area contributed by atoms with Crippen LogP contribution in [0.5, 0.6) is 0 Å². The molecule has 0 spiro atoms. The maximum atomic E-state index is 13.2. The minimum absolute atomic E-state index is 0.0619. The van der Waals surface area contributed by atoms with Gasteiger partial charge in [-0.2, -0.15) is 0 Å². The lowest BCUT2D eigenvalue weighted by Crippen LogP contribution is -2.46. The molecule has 1 aliphatic carbocycles. The van der Waals surface area contributed by atoms with Crippen molar-refractivity contribution < 1.29 is 18.3 Å². The molecule has 0 unspecified atom stereocenters. The predicted molar refractivity (Wildman–Crippen MR) is 56.8 cm³/mol. The van der Waals surface area contributed by atoms with E-state index in [4.69, 9.17) is 0 Å². The Labute approximate surface area is 97.5 Å². The maximum absolute atomic E-state index is 13.2. The average Bonchev–Trinajstić information content (AvgIpc) is 2.23. The third kappa shape index (κ3) is 2.79. The Morgan fingerprint density at radius 1 is 1.12 bits per heavy atom. The number of aliphatic hydroxyl groups is 1. The van der Waals surface area contributed by atoms with E-state index < -0.39 is 23.1 Å². The van der Waals surface area contributed by atoms with Gasteiger partial charge in [-0.25, -0.2) is 13.2 Å². The fraction of sp³-hybridized carbons (Fsp3) is 0.500. The fourth-order valence-corrected chi connectivity index (χ4v) is 1.89. The van der Waals surface area contributed by atoms with Gasteiger partial charge in [-0.15, -0.1) is 0 Å². The summed E-state index contributed by atoms with van der Waals surface area (Å²) >= 11 is 0. The first-order valence-electron chi connectivity index (χ1n) is 5.57. The van der Waals surface area contributed by atoms with Crippen molar-refractivity contribution >= 4 is 0 Å². The molecule has 0 saturated heterocycles. The Morgan fingerprint density at radius 2 is 1.76 bits per heavy atom. The first-order chi connectivity index (χ1) is 8.00. The van der Waals surface area contributed by atoms with Crippen molar-refractivity contribution in [2.45, 2.75) is 31.4 Å². The van der Waals surface area contributed by atoms with E-state index in [1.165, 1.54) is 0 Å². The molecule has 0 radical (unpaired) electrons. The highest BCUT2D eigenvalue weighted by atomic mass is 19.2. The summed E-state index contributed by atoms with van der Waals surface area (Å²) in [6.45, 7) is 0.413. The highest BCUT2D eigenvalue weighted by Crippen LogP contribution is 2.30. The van der Waals surface area contributed by atoms with Crippen LogP contribution in [0.3, 0.4) is 0 Å². The molecule has 1 aliphatic rings. The summed E-state index contributed by atoms with van der Waals surface area (Å²) in [5.74, 6) is -3.04. The number of benzene rings is 1. The molecule has 0 aliphatic heterocycles. The van der Waals surface area contributed by atoms with Gasteiger partial charge in [0.2, 0.25) is 0 Å². The van der Waals surface area contributed by atoms with E-state index in [-0.39, 0.29) is 12.1 Å². The predicted octanol–water partition coefficient (Wildman–Crippen LogP) is 2.11. The molecule has 0 atom stereocenters. The summed E-state index contributed by atoms with van der Waals surface area (Å²) in [6, 6.07) is 1.37. The van der Waals surface area contributed by atoms with E-state index in [2.05, 4.69) is 5.32 Å². The third-order valence-electron chi connectivity index (χ3n) is 3.14. The van der Waals surface area contributed by atoms with E-state index in [9.17, 15) is 18.3 Å².